The molecule has 3 aromatic carbocycles. The molecular weight excluding hydrogens is 505 g/mol. The quantitative estimate of drug-likeness (QED) is 0.239. The van der Waals surface area contributed by atoms with Crippen molar-refractivity contribution in [1.82, 2.24) is 9.13 Å². The Kier molecular flexibility index (Phi) is 8.43. The van der Waals surface area contributed by atoms with Crippen molar-refractivity contribution in [2.75, 3.05) is 0 Å². The van der Waals surface area contributed by atoms with Gasteiger partial charge >= 0.3 is 17.8 Å². The van der Waals surface area contributed by atoms with E-state index in [-0.39, 0.29) is 36.7 Å². The maximum atomic E-state index is 14.4. The molecule has 0 fully saturated rings. The van der Waals surface area contributed by atoms with Gasteiger partial charge in [-0.25, -0.2) is 9.59 Å². The van der Waals surface area contributed by atoms with Crippen LogP contribution >= 0.6 is 0 Å². The Bertz CT molecular complexity index is 1480. The van der Waals surface area contributed by atoms with Crippen molar-refractivity contribution < 1.29 is 23.1 Å². The van der Waals surface area contributed by atoms with Gasteiger partial charge in [0.25, 0.3) is 0 Å². The van der Waals surface area contributed by atoms with Crippen molar-refractivity contribution >= 4 is 5.97 Å². The Labute approximate surface area is 225 Å². The number of carboxylic acid groups (broad SMARTS) is 1. The first-order valence-electron chi connectivity index (χ1n) is 12.9. The minimum atomic E-state index is -4.68. The van der Waals surface area contributed by atoms with E-state index in [1.807, 2.05) is 44.2 Å². The summed E-state index contributed by atoms with van der Waals surface area (Å²) in [6.45, 7) is 3.78. The van der Waals surface area contributed by atoms with Crippen LogP contribution in [-0.2, 0) is 32.1 Å². The van der Waals surface area contributed by atoms with Gasteiger partial charge in [0.2, 0.25) is 0 Å². The molecule has 4 aromatic rings. The summed E-state index contributed by atoms with van der Waals surface area (Å²) in [6, 6.07) is 22.7. The summed E-state index contributed by atoms with van der Waals surface area (Å²) in [5, 5.41) is 9.51. The van der Waals surface area contributed by atoms with Crippen LogP contribution < -0.4 is 5.69 Å². The first-order chi connectivity index (χ1) is 18.6. The second kappa shape index (κ2) is 11.8. The fourth-order valence-electron chi connectivity index (χ4n) is 4.79. The molecule has 0 aliphatic carbocycles. The second-order valence-corrected chi connectivity index (χ2v) is 10.0. The molecule has 204 valence electrons. The van der Waals surface area contributed by atoms with Gasteiger partial charge < -0.3 is 5.11 Å². The summed E-state index contributed by atoms with van der Waals surface area (Å²) in [5.74, 6) is -0.886. The van der Waals surface area contributed by atoms with Crippen molar-refractivity contribution in [2.45, 2.75) is 52.4 Å². The van der Waals surface area contributed by atoms with Crippen LogP contribution in [0.4, 0.5) is 13.2 Å². The van der Waals surface area contributed by atoms with Crippen molar-refractivity contribution in [2.24, 2.45) is 5.92 Å². The van der Waals surface area contributed by atoms with E-state index in [9.17, 15) is 27.9 Å². The molecule has 0 radical (unpaired) electrons. The third-order valence-electron chi connectivity index (χ3n) is 6.79. The number of aryl methyl sites for hydroxylation is 1. The van der Waals surface area contributed by atoms with Crippen LogP contribution in [0.5, 0.6) is 0 Å². The van der Waals surface area contributed by atoms with Gasteiger partial charge in [-0.1, -0.05) is 86.6 Å². The van der Waals surface area contributed by atoms with Crippen LogP contribution in [0.25, 0.3) is 11.1 Å². The van der Waals surface area contributed by atoms with Crippen LogP contribution in [0.3, 0.4) is 0 Å². The summed E-state index contributed by atoms with van der Waals surface area (Å²) in [6.07, 6.45) is -3.74. The van der Waals surface area contributed by atoms with Crippen molar-refractivity contribution in [3.05, 3.63) is 117 Å². The summed E-state index contributed by atoms with van der Waals surface area (Å²) in [5.41, 5.74) is 1.30. The van der Waals surface area contributed by atoms with Gasteiger partial charge in [-0.2, -0.15) is 13.2 Å². The van der Waals surface area contributed by atoms with Crippen LogP contribution in [0.1, 0.15) is 53.1 Å². The predicted molar refractivity (Wildman–Crippen MR) is 145 cm³/mol. The molecule has 8 heteroatoms. The van der Waals surface area contributed by atoms with Gasteiger partial charge in [-0.3, -0.25) is 9.13 Å². The lowest BCUT2D eigenvalue weighted by Crippen LogP contribution is -2.28. The van der Waals surface area contributed by atoms with Crippen LogP contribution in [-0.4, -0.2) is 20.2 Å². The summed E-state index contributed by atoms with van der Waals surface area (Å²) in [7, 11) is 0. The van der Waals surface area contributed by atoms with E-state index in [0.29, 0.717) is 29.5 Å². The normalized spacial score (nSPS) is 11.7. The van der Waals surface area contributed by atoms with E-state index in [1.165, 1.54) is 10.6 Å². The molecule has 0 spiro atoms. The Morgan fingerprint density at radius 3 is 2.10 bits per heavy atom. The number of aromatic nitrogens is 2. The largest absolute Gasteiger partial charge is 0.478 e. The lowest BCUT2D eigenvalue weighted by molar-refractivity contribution is -0.144. The molecule has 1 N–H and O–H groups in total. The predicted octanol–water partition coefficient (Wildman–Crippen LogP) is 6.91. The third kappa shape index (κ3) is 6.50. The van der Waals surface area contributed by atoms with E-state index in [4.69, 9.17) is 0 Å². The average Bonchev–Trinajstić information content (AvgIpc) is 3.18. The standard InChI is InChI=1S/C31H31F3N2O3/c1-21(2)12-17-27-28(31(32,33)34)35(19-18-22-8-4-3-5-9-22)30(39)36(27)20-23-13-15-24(16-14-23)25-10-6-7-11-26(25)29(37)38/h3-11,13-16,21H,12,17-20H2,1-2H3,(H,37,38). The molecule has 1 aromatic heterocycles. The zero-order valence-corrected chi connectivity index (χ0v) is 21.9. The molecule has 0 aliphatic rings. The fourth-order valence-corrected chi connectivity index (χ4v) is 4.79. The molecule has 0 bridgehead atoms. The number of rotatable bonds is 10. The van der Waals surface area contributed by atoms with E-state index < -0.39 is 23.5 Å². The number of carbonyl (C=O) groups is 1. The molecule has 5 nitrogen and oxygen atoms in total. The Morgan fingerprint density at radius 1 is 0.846 bits per heavy atom. The average molecular weight is 537 g/mol. The summed E-state index contributed by atoms with van der Waals surface area (Å²) in [4.78, 5) is 25.1. The lowest BCUT2D eigenvalue weighted by atomic mass is 9.98. The van der Waals surface area contributed by atoms with E-state index >= 15 is 0 Å². The fraction of sp³-hybridized carbons (Fsp3) is 0.290. The number of hydrogen-bond acceptors (Lipinski definition) is 2. The SMILES string of the molecule is CC(C)CCc1c(C(F)(F)F)n(CCc2ccccc2)c(=O)n1Cc1ccc(-c2ccccc2C(=O)O)cc1. The van der Waals surface area contributed by atoms with Crippen LogP contribution in [0.15, 0.2) is 83.7 Å². The van der Waals surface area contributed by atoms with Crippen molar-refractivity contribution in [1.29, 1.82) is 0 Å². The number of carboxylic acids is 1. The van der Waals surface area contributed by atoms with E-state index in [2.05, 4.69) is 0 Å². The highest BCUT2D eigenvalue weighted by Gasteiger charge is 2.40. The monoisotopic (exact) mass is 536 g/mol. The van der Waals surface area contributed by atoms with Crippen LogP contribution in [0.2, 0.25) is 0 Å². The smallest absolute Gasteiger partial charge is 0.433 e. The van der Waals surface area contributed by atoms with Gasteiger partial charge in [0.15, 0.2) is 0 Å². The van der Waals surface area contributed by atoms with Gasteiger partial charge in [0, 0.05) is 6.54 Å². The second-order valence-electron chi connectivity index (χ2n) is 10.0. The highest BCUT2D eigenvalue weighted by atomic mass is 19.4. The van der Waals surface area contributed by atoms with Gasteiger partial charge in [-0.15, -0.1) is 0 Å². The maximum absolute atomic E-state index is 14.4. The molecule has 0 aliphatic heterocycles. The minimum Gasteiger partial charge on any atom is -0.478 e. The Morgan fingerprint density at radius 2 is 1.49 bits per heavy atom. The van der Waals surface area contributed by atoms with Crippen LogP contribution in [0, 0.1) is 5.92 Å². The molecule has 0 saturated heterocycles. The first-order valence-corrected chi connectivity index (χ1v) is 12.9. The van der Waals surface area contributed by atoms with Crippen molar-refractivity contribution in [3.63, 3.8) is 0 Å². The molecule has 0 saturated carbocycles. The molecule has 4 rings (SSSR count). The Hall–Kier alpha value is -4.07. The molecule has 0 unspecified atom stereocenters. The highest BCUT2D eigenvalue weighted by Crippen LogP contribution is 2.33. The van der Waals surface area contributed by atoms with Gasteiger partial charge in [-0.05, 0) is 53.5 Å². The molecule has 39 heavy (non-hydrogen) atoms. The number of alkyl halides is 3. The number of hydrogen-bond donors (Lipinski definition) is 1. The third-order valence-corrected chi connectivity index (χ3v) is 6.79. The zero-order valence-electron chi connectivity index (χ0n) is 21.9. The van der Waals surface area contributed by atoms with Gasteiger partial charge in [0.05, 0.1) is 17.8 Å². The van der Waals surface area contributed by atoms with E-state index in [0.717, 1.165) is 10.1 Å². The number of aromatic carboxylic acids is 1. The Balaban J connectivity index is 1.73. The van der Waals surface area contributed by atoms with Gasteiger partial charge in [0.1, 0.15) is 5.69 Å². The van der Waals surface area contributed by atoms with Crippen molar-refractivity contribution in [3.8, 4) is 11.1 Å². The number of nitrogens with zero attached hydrogens (tertiary/aromatic N) is 2. The zero-order chi connectivity index (χ0) is 28.2. The maximum Gasteiger partial charge on any atom is 0.433 e. The first kappa shape index (κ1) is 28.0. The van der Waals surface area contributed by atoms with E-state index in [1.54, 1.807) is 42.5 Å². The number of benzene rings is 3. The summed E-state index contributed by atoms with van der Waals surface area (Å²) >= 11 is 0. The number of halogens is 3. The molecule has 0 amide bonds. The molecule has 1 heterocycles. The highest BCUT2D eigenvalue weighted by molar-refractivity contribution is 5.95. The molecular formula is C31H31F3N2O3. The lowest BCUT2D eigenvalue weighted by Gasteiger charge is -2.15. The molecule has 0 atom stereocenters. The minimum absolute atomic E-state index is 0.00504. The summed E-state index contributed by atoms with van der Waals surface area (Å²) < 4.78 is 45.4. The topological polar surface area (TPSA) is 64.2 Å². The number of imidazole rings is 1.